The van der Waals surface area contributed by atoms with E-state index in [1.807, 2.05) is 12.1 Å². The van der Waals surface area contributed by atoms with Gasteiger partial charge in [-0.15, -0.1) is 0 Å². The summed E-state index contributed by atoms with van der Waals surface area (Å²) < 4.78 is 48.9. The number of alkyl halides is 3. The van der Waals surface area contributed by atoms with E-state index >= 15 is 0 Å². The second-order valence-electron chi connectivity index (χ2n) is 10.8. The Bertz CT molecular complexity index is 1270. The summed E-state index contributed by atoms with van der Waals surface area (Å²) in [5.41, 5.74) is -0.134. The number of halogens is 4. The van der Waals surface area contributed by atoms with Gasteiger partial charge in [0.25, 0.3) is 0 Å². The van der Waals surface area contributed by atoms with Crippen molar-refractivity contribution in [3.8, 4) is 5.75 Å². The highest BCUT2D eigenvalue weighted by Gasteiger charge is 2.56. The smallest absolute Gasteiger partial charge is 0.417 e. The summed E-state index contributed by atoms with van der Waals surface area (Å²) in [5, 5.41) is 11.6. The van der Waals surface area contributed by atoms with Crippen LogP contribution in [0.2, 0.25) is 5.02 Å². The Balaban J connectivity index is 1.42. The summed E-state index contributed by atoms with van der Waals surface area (Å²) in [7, 11) is 0. The van der Waals surface area contributed by atoms with Gasteiger partial charge in [0.1, 0.15) is 5.75 Å². The molecule has 0 amide bonds. The molecule has 0 bridgehead atoms. The van der Waals surface area contributed by atoms with E-state index in [2.05, 4.69) is 14.9 Å². The summed E-state index contributed by atoms with van der Waals surface area (Å²) in [6.07, 6.45) is -3.01. The summed E-state index contributed by atoms with van der Waals surface area (Å²) in [5.74, 6) is 0.578. The number of aromatic amines is 1. The molecule has 2 aliphatic heterocycles. The lowest BCUT2D eigenvalue weighted by Crippen LogP contribution is -2.51. The molecule has 1 fully saturated rings. The summed E-state index contributed by atoms with van der Waals surface area (Å²) >= 11 is 6.28. The number of rotatable bonds is 7. The zero-order chi connectivity index (χ0) is 25.7. The maximum atomic E-state index is 14.4. The first-order valence-corrected chi connectivity index (χ1v) is 12.8. The van der Waals surface area contributed by atoms with Gasteiger partial charge in [-0.05, 0) is 73.7 Å². The lowest BCUT2D eigenvalue weighted by atomic mass is 9.73. The lowest BCUT2D eigenvalue weighted by Gasteiger charge is -2.38. The van der Waals surface area contributed by atoms with E-state index in [1.54, 1.807) is 32.0 Å². The standard InChI is InChI=1S/C27H31ClF3N3O2/c1-25(2,21-12-18(28)11-17-7-10-36-24(17)21)16-26(35,27(29,30)31)14-20-13-23-22(33-20)6-5-19(32-23)15-34-8-3-4-9-34/h5-6,11-13,33,35H,3-4,7-10,14-16H2,1-2H3. The Labute approximate surface area is 213 Å². The van der Waals surface area contributed by atoms with Crippen LogP contribution in [0.1, 0.15) is 55.6 Å². The molecule has 1 saturated heterocycles. The molecule has 2 aliphatic rings. The SMILES string of the molecule is CC(C)(CC(O)(Cc1cc2nc(CN3CCCC3)ccc2[nH]1)C(F)(F)F)c1cc(Cl)cc2c1OCC2. The molecular formula is C27H31ClF3N3O2. The fraction of sp³-hybridized carbons (Fsp3) is 0.519. The second-order valence-corrected chi connectivity index (χ2v) is 11.3. The molecular weight excluding hydrogens is 491 g/mol. The number of likely N-dealkylation sites (tertiary alicyclic amines) is 1. The van der Waals surface area contributed by atoms with Crippen LogP contribution in [0.25, 0.3) is 11.0 Å². The number of hydrogen-bond donors (Lipinski definition) is 2. The minimum Gasteiger partial charge on any atom is -0.493 e. The largest absolute Gasteiger partial charge is 0.493 e. The molecule has 2 aromatic heterocycles. The minimum absolute atomic E-state index is 0.291. The number of nitrogens with zero attached hydrogens (tertiary/aromatic N) is 2. The van der Waals surface area contributed by atoms with Gasteiger partial charge in [-0.25, -0.2) is 4.98 Å². The van der Waals surface area contributed by atoms with Crippen LogP contribution >= 0.6 is 11.6 Å². The zero-order valence-electron chi connectivity index (χ0n) is 20.5. The van der Waals surface area contributed by atoms with Crippen LogP contribution in [-0.2, 0) is 24.8 Å². The molecule has 4 heterocycles. The Hall–Kier alpha value is -2.29. The highest BCUT2D eigenvalue weighted by Crippen LogP contribution is 2.47. The third kappa shape index (κ3) is 4.95. The quantitative estimate of drug-likeness (QED) is 0.403. The number of nitrogens with one attached hydrogen (secondary N) is 1. The predicted octanol–water partition coefficient (Wildman–Crippen LogP) is 5.95. The molecule has 3 aromatic rings. The van der Waals surface area contributed by atoms with Crippen molar-refractivity contribution in [2.24, 2.45) is 0 Å². The average Bonchev–Trinajstić information content (AvgIpc) is 3.52. The van der Waals surface area contributed by atoms with Gasteiger partial charge >= 0.3 is 6.18 Å². The van der Waals surface area contributed by atoms with E-state index in [1.165, 1.54) is 12.8 Å². The van der Waals surface area contributed by atoms with Crippen LogP contribution in [0.5, 0.6) is 5.75 Å². The van der Waals surface area contributed by atoms with Gasteiger partial charge in [0.05, 0.1) is 23.3 Å². The first-order chi connectivity index (χ1) is 16.9. The molecule has 1 unspecified atom stereocenters. The number of ether oxygens (including phenoxy) is 1. The highest BCUT2D eigenvalue weighted by molar-refractivity contribution is 6.30. The minimum atomic E-state index is -4.85. The highest BCUT2D eigenvalue weighted by atomic mass is 35.5. The van der Waals surface area contributed by atoms with E-state index in [0.29, 0.717) is 46.1 Å². The first kappa shape index (κ1) is 25.4. The molecule has 9 heteroatoms. The lowest BCUT2D eigenvalue weighted by molar-refractivity contribution is -0.266. The number of aliphatic hydroxyl groups is 1. The van der Waals surface area contributed by atoms with E-state index in [-0.39, 0.29) is 0 Å². The Kier molecular flexibility index (Phi) is 6.50. The molecule has 0 spiro atoms. The zero-order valence-corrected chi connectivity index (χ0v) is 21.3. The van der Waals surface area contributed by atoms with Crippen LogP contribution in [0.15, 0.2) is 30.3 Å². The van der Waals surface area contributed by atoms with Gasteiger partial charge in [0.15, 0.2) is 5.60 Å². The van der Waals surface area contributed by atoms with E-state index < -0.39 is 30.0 Å². The maximum absolute atomic E-state index is 14.4. The number of fused-ring (bicyclic) bond motifs is 2. The first-order valence-electron chi connectivity index (χ1n) is 12.4. The number of hydrogen-bond acceptors (Lipinski definition) is 4. The van der Waals surface area contributed by atoms with Crippen LogP contribution in [0.3, 0.4) is 0 Å². The van der Waals surface area contributed by atoms with Crippen molar-refractivity contribution in [3.63, 3.8) is 0 Å². The van der Waals surface area contributed by atoms with E-state index in [0.717, 1.165) is 30.9 Å². The molecule has 194 valence electrons. The molecule has 5 nitrogen and oxygen atoms in total. The van der Waals surface area contributed by atoms with E-state index in [4.69, 9.17) is 16.3 Å². The van der Waals surface area contributed by atoms with Crippen LogP contribution in [0.4, 0.5) is 13.2 Å². The monoisotopic (exact) mass is 521 g/mol. The van der Waals surface area contributed by atoms with Gasteiger partial charge in [-0.1, -0.05) is 25.4 Å². The third-order valence-electron chi connectivity index (χ3n) is 7.40. The Morgan fingerprint density at radius 1 is 1.14 bits per heavy atom. The van der Waals surface area contributed by atoms with Crippen LogP contribution in [0, 0.1) is 0 Å². The van der Waals surface area contributed by atoms with Crippen molar-refractivity contribution in [1.82, 2.24) is 14.9 Å². The predicted molar refractivity (Wildman–Crippen MR) is 134 cm³/mol. The molecule has 2 N–H and O–H groups in total. The average molecular weight is 522 g/mol. The van der Waals surface area contributed by atoms with Crippen LogP contribution < -0.4 is 4.74 Å². The van der Waals surface area contributed by atoms with Gasteiger partial charge in [0, 0.05) is 35.7 Å². The van der Waals surface area contributed by atoms with Gasteiger partial charge < -0.3 is 14.8 Å². The normalized spacial score (nSPS) is 18.4. The Morgan fingerprint density at radius 3 is 2.61 bits per heavy atom. The van der Waals surface area contributed by atoms with Crippen LogP contribution in [-0.4, -0.2) is 51.4 Å². The van der Waals surface area contributed by atoms with Crippen molar-refractivity contribution < 1.29 is 23.0 Å². The van der Waals surface area contributed by atoms with Crippen molar-refractivity contribution in [3.05, 3.63) is 57.9 Å². The van der Waals surface area contributed by atoms with Crippen molar-refractivity contribution in [2.75, 3.05) is 19.7 Å². The molecule has 0 aliphatic carbocycles. The number of benzene rings is 1. The number of aromatic nitrogens is 2. The van der Waals surface area contributed by atoms with Gasteiger partial charge in [-0.2, -0.15) is 13.2 Å². The van der Waals surface area contributed by atoms with Gasteiger partial charge in [-0.3, -0.25) is 4.90 Å². The van der Waals surface area contributed by atoms with Crippen molar-refractivity contribution in [2.45, 2.75) is 69.7 Å². The fourth-order valence-electron chi connectivity index (χ4n) is 5.64. The molecule has 36 heavy (non-hydrogen) atoms. The molecule has 1 aromatic carbocycles. The molecule has 5 rings (SSSR count). The summed E-state index contributed by atoms with van der Waals surface area (Å²) in [4.78, 5) is 10.0. The summed E-state index contributed by atoms with van der Waals surface area (Å²) in [6.45, 7) is 6.64. The Morgan fingerprint density at radius 2 is 1.89 bits per heavy atom. The molecule has 0 saturated carbocycles. The second kappa shape index (κ2) is 9.23. The summed E-state index contributed by atoms with van der Waals surface area (Å²) in [6, 6.07) is 8.80. The van der Waals surface area contributed by atoms with Crippen molar-refractivity contribution in [1.29, 1.82) is 0 Å². The third-order valence-corrected chi connectivity index (χ3v) is 7.61. The van der Waals surface area contributed by atoms with Gasteiger partial charge in [0.2, 0.25) is 0 Å². The molecule has 0 radical (unpaired) electrons. The van der Waals surface area contributed by atoms with Crippen molar-refractivity contribution >= 4 is 22.6 Å². The number of pyridine rings is 1. The maximum Gasteiger partial charge on any atom is 0.417 e. The fourth-order valence-corrected chi connectivity index (χ4v) is 5.88. The topological polar surface area (TPSA) is 61.4 Å². The molecule has 1 atom stereocenters. The van der Waals surface area contributed by atoms with E-state index in [9.17, 15) is 18.3 Å². The number of H-pyrrole nitrogens is 1.